The molecule has 0 radical (unpaired) electrons. The van der Waals surface area contributed by atoms with E-state index in [1.807, 2.05) is 48.5 Å². The lowest BCUT2D eigenvalue weighted by molar-refractivity contribution is -0.126. The lowest BCUT2D eigenvalue weighted by Gasteiger charge is -2.21. The Morgan fingerprint density at radius 3 is 2.02 bits per heavy atom. The highest BCUT2D eigenvalue weighted by Gasteiger charge is 2.31. The number of alkyl halides is 1. The van der Waals surface area contributed by atoms with Crippen LogP contribution in [0.4, 0.5) is 4.79 Å². The molecule has 0 saturated heterocycles. The van der Waals surface area contributed by atoms with Gasteiger partial charge in [-0.15, -0.1) is 11.6 Å². The summed E-state index contributed by atoms with van der Waals surface area (Å²) in [7, 11) is 1.68. The van der Waals surface area contributed by atoms with Gasteiger partial charge in [0.25, 0.3) is 0 Å². The summed E-state index contributed by atoms with van der Waals surface area (Å²) in [5.41, 5.74) is 4.17. The minimum Gasteiger partial charge on any atom is -0.436 e. The number of fused-ring (bicyclic) bond motifs is 3. The summed E-state index contributed by atoms with van der Waals surface area (Å²) < 4.78 is 27.7. The van der Waals surface area contributed by atoms with Gasteiger partial charge in [0.2, 0.25) is 5.91 Å². The third kappa shape index (κ3) is 11.6. The number of likely N-dealkylation sites (N-methyl/N-ethyl adjacent to an activating group) is 1. The van der Waals surface area contributed by atoms with Crippen molar-refractivity contribution in [3.63, 3.8) is 0 Å². The molecule has 1 aliphatic rings. The van der Waals surface area contributed by atoms with Gasteiger partial charge in [0.05, 0.1) is 39.6 Å². The zero-order valence-corrected chi connectivity index (χ0v) is 24.7. The number of unbranched alkanes of at least 4 members (excludes halogenated alkanes) is 3. The van der Waals surface area contributed by atoms with Gasteiger partial charge in [-0.05, 0) is 24.0 Å². The number of carbonyl (C=O) groups excluding carboxylic acids is 2. The van der Waals surface area contributed by atoms with Crippen molar-refractivity contribution in [3.8, 4) is 11.1 Å². The quantitative estimate of drug-likeness (QED) is 0.165. The topological polar surface area (TPSA) is 95.6 Å². The molecule has 0 atom stereocenters. The molecular formula is C31H43ClN2O7. The van der Waals surface area contributed by atoms with Crippen molar-refractivity contribution in [2.75, 3.05) is 78.9 Å². The van der Waals surface area contributed by atoms with Gasteiger partial charge in [-0.2, -0.15) is 0 Å². The first-order valence-corrected chi connectivity index (χ1v) is 14.9. The Hall–Kier alpha value is -2.69. The second kappa shape index (κ2) is 19.4. The highest BCUT2D eigenvalue weighted by Crippen LogP contribution is 2.45. The van der Waals surface area contributed by atoms with E-state index < -0.39 is 12.2 Å². The predicted octanol–water partition coefficient (Wildman–Crippen LogP) is 4.81. The number of halogens is 1. The number of hydrogen-bond acceptors (Lipinski definition) is 7. The average molecular weight is 591 g/mol. The number of amides is 2. The summed E-state index contributed by atoms with van der Waals surface area (Å²) in [5, 5.41) is 2.75. The maximum Gasteiger partial charge on any atom is 0.410 e. The van der Waals surface area contributed by atoms with E-state index >= 15 is 0 Å². The molecule has 3 rings (SSSR count). The van der Waals surface area contributed by atoms with E-state index in [0.717, 1.165) is 60.4 Å². The number of nitrogens with zero attached hydrogens (tertiary/aromatic N) is 1. The van der Waals surface area contributed by atoms with Crippen LogP contribution < -0.4 is 5.32 Å². The molecule has 0 aliphatic heterocycles. The molecule has 0 fully saturated rings. The molecular weight excluding hydrogens is 548 g/mol. The van der Waals surface area contributed by atoms with E-state index in [1.54, 1.807) is 7.05 Å². The highest BCUT2D eigenvalue weighted by molar-refractivity contribution is 6.17. The Labute approximate surface area is 248 Å². The molecule has 2 amide bonds. The van der Waals surface area contributed by atoms with Crippen LogP contribution in [0.2, 0.25) is 0 Å². The van der Waals surface area contributed by atoms with E-state index in [2.05, 4.69) is 5.32 Å². The van der Waals surface area contributed by atoms with E-state index in [1.165, 1.54) is 4.90 Å². The first-order chi connectivity index (χ1) is 20.1. The second-order valence-electron chi connectivity index (χ2n) is 9.70. The smallest absolute Gasteiger partial charge is 0.410 e. The number of hydrogen-bond donors (Lipinski definition) is 1. The Kier molecular flexibility index (Phi) is 15.6. The molecule has 0 spiro atoms. The number of ether oxygens (including phenoxy) is 5. The van der Waals surface area contributed by atoms with Crippen LogP contribution in [0.1, 0.15) is 42.9 Å². The maximum atomic E-state index is 12.7. The molecule has 0 heterocycles. The Morgan fingerprint density at radius 2 is 1.34 bits per heavy atom. The van der Waals surface area contributed by atoms with Gasteiger partial charge < -0.3 is 33.9 Å². The van der Waals surface area contributed by atoms with Crippen molar-refractivity contribution in [1.82, 2.24) is 10.2 Å². The van der Waals surface area contributed by atoms with Gasteiger partial charge in [0.15, 0.2) is 6.10 Å². The van der Waals surface area contributed by atoms with Crippen LogP contribution in [0, 0.1) is 0 Å². The molecule has 9 nitrogen and oxygen atoms in total. The van der Waals surface area contributed by atoms with E-state index in [-0.39, 0.29) is 19.1 Å². The van der Waals surface area contributed by atoms with Crippen molar-refractivity contribution in [1.29, 1.82) is 0 Å². The molecule has 0 unspecified atom stereocenters. The van der Waals surface area contributed by atoms with Gasteiger partial charge in [-0.3, -0.25) is 4.79 Å². The standard InChI is InChI=1S/C31H43ClN2O7/c1-34(31(36)41-30-27-12-6-4-10-25(27)26-11-5-7-13-28(26)30)16-19-39-22-23-40-24-29(35)33-15-18-38-21-20-37-17-9-3-2-8-14-32/h4-7,10-13,30H,2-3,8-9,14-24H2,1H3,(H,33,35). The summed E-state index contributed by atoms with van der Waals surface area (Å²) in [6.45, 7) is 3.86. The van der Waals surface area contributed by atoms with Crippen LogP contribution in [-0.4, -0.2) is 95.8 Å². The lowest BCUT2D eigenvalue weighted by atomic mass is 10.1. The van der Waals surface area contributed by atoms with Crippen molar-refractivity contribution in [3.05, 3.63) is 59.7 Å². The van der Waals surface area contributed by atoms with Gasteiger partial charge in [-0.1, -0.05) is 61.4 Å². The lowest BCUT2D eigenvalue weighted by Crippen LogP contribution is -2.32. The minimum atomic E-state index is -0.426. The third-order valence-electron chi connectivity index (χ3n) is 6.60. The van der Waals surface area contributed by atoms with Crippen molar-refractivity contribution in [2.24, 2.45) is 0 Å². The van der Waals surface area contributed by atoms with Crippen molar-refractivity contribution >= 4 is 23.6 Å². The van der Waals surface area contributed by atoms with Crippen molar-refractivity contribution < 1.29 is 33.3 Å². The summed E-state index contributed by atoms with van der Waals surface area (Å²) in [5.74, 6) is 0.512. The molecule has 10 heteroatoms. The molecule has 0 bridgehead atoms. The summed E-state index contributed by atoms with van der Waals surface area (Å²) in [4.78, 5) is 26.1. The van der Waals surface area contributed by atoms with Gasteiger partial charge >= 0.3 is 6.09 Å². The van der Waals surface area contributed by atoms with Crippen LogP contribution in [0.15, 0.2) is 48.5 Å². The van der Waals surface area contributed by atoms with Crippen LogP contribution in [-0.2, 0) is 28.5 Å². The molecule has 41 heavy (non-hydrogen) atoms. The number of nitrogens with one attached hydrogen (secondary N) is 1. The fourth-order valence-electron chi connectivity index (χ4n) is 4.39. The van der Waals surface area contributed by atoms with E-state index in [9.17, 15) is 9.59 Å². The highest BCUT2D eigenvalue weighted by atomic mass is 35.5. The van der Waals surface area contributed by atoms with Crippen LogP contribution in [0.3, 0.4) is 0 Å². The molecule has 2 aromatic rings. The SMILES string of the molecule is CN(CCOCCOCC(=O)NCCOCCOCCCCCCCl)C(=O)OC1c2ccccc2-c2ccccc21. The monoisotopic (exact) mass is 590 g/mol. The molecule has 1 aliphatic carbocycles. The van der Waals surface area contributed by atoms with Gasteiger partial charge in [0, 0.05) is 43.8 Å². The molecule has 2 aromatic carbocycles. The van der Waals surface area contributed by atoms with Crippen molar-refractivity contribution in [2.45, 2.75) is 31.8 Å². The molecule has 0 aromatic heterocycles. The van der Waals surface area contributed by atoms with E-state index in [4.69, 9.17) is 35.3 Å². The number of benzene rings is 2. The van der Waals surface area contributed by atoms with E-state index in [0.29, 0.717) is 46.1 Å². The minimum absolute atomic E-state index is 0.0489. The summed E-state index contributed by atoms with van der Waals surface area (Å²) >= 11 is 5.65. The second-order valence-corrected chi connectivity index (χ2v) is 10.1. The average Bonchev–Trinajstić information content (AvgIpc) is 3.30. The molecule has 226 valence electrons. The van der Waals surface area contributed by atoms with Crippen LogP contribution in [0.5, 0.6) is 0 Å². The maximum absolute atomic E-state index is 12.7. The zero-order valence-electron chi connectivity index (χ0n) is 24.0. The predicted molar refractivity (Wildman–Crippen MR) is 158 cm³/mol. The Balaban J connectivity index is 1.15. The first kappa shape index (κ1) is 32.8. The molecule has 0 saturated carbocycles. The first-order valence-electron chi connectivity index (χ1n) is 14.4. The fourth-order valence-corrected chi connectivity index (χ4v) is 4.58. The third-order valence-corrected chi connectivity index (χ3v) is 6.86. The van der Waals surface area contributed by atoms with Gasteiger partial charge in [0.1, 0.15) is 6.61 Å². The normalized spacial score (nSPS) is 12.1. The molecule has 1 N–H and O–H groups in total. The Bertz CT molecular complexity index is 1010. The Morgan fingerprint density at radius 1 is 0.756 bits per heavy atom. The largest absolute Gasteiger partial charge is 0.436 e. The fraction of sp³-hybridized carbons (Fsp3) is 0.548. The number of rotatable bonds is 21. The van der Waals surface area contributed by atoms with Crippen LogP contribution in [0.25, 0.3) is 11.1 Å². The summed E-state index contributed by atoms with van der Waals surface area (Å²) in [6.07, 6.45) is 3.53. The summed E-state index contributed by atoms with van der Waals surface area (Å²) in [6, 6.07) is 16.0. The number of carbonyl (C=O) groups is 2. The van der Waals surface area contributed by atoms with Crippen LogP contribution >= 0.6 is 11.6 Å². The van der Waals surface area contributed by atoms with Gasteiger partial charge in [-0.25, -0.2) is 4.79 Å². The zero-order chi connectivity index (χ0) is 29.1.